The van der Waals surface area contributed by atoms with E-state index in [1.54, 1.807) is 4.90 Å². The average Bonchev–Trinajstić information content (AvgIpc) is 3.14. The normalized spacial score (nSPS) is 19.9. The van der Waals surface area contributed by atoms with Crippen molar-refractivity contribution in [3.8, 4) is 6.07 Å². The second kappa shape index (κ2) is 8.45. The third-order valence-corrected chi connectivity index (χ3v) is 4.43. The molecule has 0 spiro atoms. The number of hydrogen-bond donors (Lipinski definition) is 2. The quantitative estimate of drug-likeness (QED) is 0.579. The lowest BCUT2D eigenvalue weighted by Gasteiger charge is -2.37. The number of likely N-dealkylation sites (tertiary alicyclic amines) is 1. The lowest BCUT2D eigenvalue weighted by Crippen LogP contribution is -2.49. The molecule has 1 fully saturated rings. The molecule has 2 aromatic heterocycles. The summed E-state index contributed by atoms with van der Waals surface area (Å²) >= 11 is 0. The lowest BCUT2D eigenvalue weighted by atomic mass is 9.94. The van der Waals surface area contributed by atoms with Gasteiger partial charge in [0.15, 0.2) is 0 Å². The molecule has 1 aliphatic rings. The van der Waals surface area contributed by atoms with E-state index in [4.69, 9.17) is 10.00 Å². The van der Waals surface area contributed by atoms with E-state index in [0.717, 1.165) is 23.3 Å². The Labute approximate surface area is 151 Å². The van der Waals surface area contributed by atoms with Gasteiger partial charge in [-0.3, -0.25) is 4.79 Å². The summed E-state index contributed by atoms with van der Waals surface area (Å²) in [6.45, 7) is 5.72. The van der Waals surface area contributed by atoms with Crippen LogP contribution in [-0.2, 0) is 9.53 Å². The first-order valence-electron chi connectivity index (χ1n) is 8.62. The molecular weight excluding hydrogens is 332 g/mol. The number of hydrogen-bond acceptors (Lipinski definition) is 6. The van der Waals surface area contributed by atoms with Crippen molar-refractivity contribution in [2.45, 2.75) is 18.9 Å². The summed E-state index contributed by atoms with van der Waals surface area (Å²) in [5, 5.41) is 13.0. The van der Waals surface area contributed by atoms with E-state index in [9.17, 15) is 4.79 Å². The zero-order valence-corrected chi connectivity index (χ0v) is 14.5. The molecule has 0 aromatic carbocycles. The van der Waals surface area contributed by atoms with Gasteiger partial charge in [-0.1, -0.05) is 6.58 Å². The molecule has 2 atom stereocenters. The van der Waals surface area contributed by atoms with Crippen LogP contribution >= 0.6 is 0 Å². The van der Waals surface area contributed by atoms with Gasteiger partial charge in [-0.2, -0.15) is 5.26 Å². The number of ether oxygens (including phenoxy) is 1. The number of nitrogens with zero attached hydrogens (tertiary/aromatic N) is 4. The molecule has 0 unspecified atom stereocenters. The van der Waals surface area contributed by atoms with Gasteiger partial charge < -0.3 is 19.9 Å². The first-order chi connectivity index (χ1) is 12.7. The van der Waals surface area contributed by atoms with Crippen molar-refractivity contribution in [2.75, 3.05) is 31.6 Å². The number of H-pyrrole nitrogens is 1. The van der Waals surface area contributed by atoms with Crippen LogP contribution in [0.25, 0.3) is 11.0 Å². The predicted octanol–water partition coefficient (Wildman–Crippen LogP) is 1.70. The van der Waals surface area contributed by atoms with E-state index in [1.807, 2.05) is 12.3 Å². The minimum atomic E-state index is -0.0898. The zero-order chi connectivity index (χ0) is 18.4. The van der Waals surface area contributed by atoms with Crippen LogP contribution in [0.2, 0.25) is 0 Å². The number of nitrogens with one attached hydrogen (secondary N) is 2. The number of piperidine rings is 1. The SMILES string of the molecule is C=CC(=O)N1C[C@@H](COCCC#N)C[C@@H](Nc2ncnc3[nH]ccc23)C1. The molecule has 0 bridgehead atoms. The fourth-order valence-electron chi connectivity index (χ4n) is 3.29. The van der Waals surface area contributed by atoms with Crippen molar-refractivity contribution in [1.29, 1.82) is 5.26 Å². The summed E-state index contributed by atoms with van der Waals surface area (Å²) in [5.74, 6) is 0.846. The fraction of sp³-hybridized carbons (Fsp3) is 0.444. The molecule has 8 nitrogen and oxygen atoms in total. The van der Waals surface area contributed by atoms with Crippen molar-refractivity contribution in [1.82, 2.24) is 19.9 Å². The molecule has 136 valence electrons. The van der Waals surface area contributed by atoms with Gasteiger partial charge in [0.25, 0.3) is 0 Å². The minimum absolute atomic E-state index is 0.0465. The van der Waals surface area contributed by atoms with Gasteiger partial charge in [0, 0.05) is 31.2 Å². The number of anilines is 1. The topological polar surface area (TPSA) is 107 Å². The van der Waals surface area contributed by atoms with E-state index in [-0.39, 0.29) is 17.9 Å². The number of aromatic nitrogens is 3. The summed E-state index contributed by atoms with van der Waals surface area (Å²) < 4.78 is 5.59. The Hall–Kier alpha value is -2.92. The molecule has 3 heterocycles. The van der Waals surface area contributed by atoms with Crippen LogP contribution in [-0.4, -0.2) is 58.1 Å². The smallest absolute Gasteiger partial charge is 0.246 e. The highest BCUT2D eigenvalue weighted by atomic mass is 16.5. The van der Waals surface area contributed by atoms with E-state index in [2.05, 4.69) is 32.9 Å². The average molecular weight is 354 g/mol. The van der Waals surface area contributed by atoms with Gasteiger partial charge >= 0.3 is 0 Å². The Bertz CT molecular complexity index is 811. The number of carbonyl (C=O) groups excluding carboxylic acids is 1. The van der Waals surface area contributed by atoms with Crippen LogP contribution in [0.1, 0.15) is 12.8 Å². The summed E-state index contributed by atoms with van der Waals surface area (Å²) in [4.78, 5) is 25.5. The third kappa shape index (κ3) is 4.18. The molecular formula is C18H22N6O2. The van der Waals surface area contributed by atoms with Crippen molar-refractivity contribution in [2.24, 2.45) is 5.92 Å². The van der Waals surface area contributed by atoms with Crippen LogP contribution in [0.15, 0.2) is 31.2 Å². The van der Waals surface area contributed by atoms with E-state index in [1.165, 1.54) is 12.4 Å². The molecule has 1 saturated heterocycles. The van der Waals surface area contributed by atoms with E-state index >= 15 is 0 Å². The maximum absolute atomic E-state index is 12.1. The molecule has 0 aliphatic carbocycles. The number of amides is 1. The fourth-order valence-corrected chi connectivity index (χ4v) is 3.29. The van der Waals surface area contributed by atoms with E-state index in [0.29, 0.717) is 32.7 Å². The number of aromatic amines is 1. The Morgan fingerprint density at radius 2 is 2.42 bits per heavy atom. The van der Waals surface area contributed by atoms with Crippen LogP contribution < -0.4 is 5.32 Å². The molecule has 0 saturated carbocycles. The number of nitriles is 1. The third-order valence-electron chi connectivity index (χ3n) is 4.43. The predicted molar refractivity (Wildman–Crippen MR) is 97.2 cm³/mol. The molecule has 1 aliphatic heterocycles. The zero-order valence-electron chi connectivity index (χ0n) is 14.5. The molecule has 2 N–H and O–H groups in total. The van der Waals surface area contributed by atoms with Crippen molar-refractivity contribution >= 4 is 22.8 Å². The molecule has 26 heavy (non-hydrogen) atoms. The first-order valence-corrected chi connectivity index (χ1v) is 8.62. The highest BCUT2D eigenvalue weighted by Gasteiger charge is 2.29. The Balaban J connectivity index is 1.70. The second-order valence-electron chi connectivity index (χ2n) is 6.34. The monoisotopic (exact) mass is 354 g/mol. The Kier molecular flexibility index (Phi) is 5.81. The van der Waals surface area contributed by atoms with Crippen LogP contribution in [0.5, 0.6) is 0 Å². The van der Waals surface area contributed by atoms with Crippen LogP contribution in [0.4, 0.5) is 5.82 Å². The minimum Gasteiger partial charge on any atom is -0.380 e. The summed E-state index contributed by atoms with van der Waals surface area (Å²) in [6.07, 6.45) is 5.90. The maximum atomic E-state index is 12.1. The second-order valence-corrected chi connectivity index (χ2v) is 6.34. The summed E-state index contributed by atoms with van der Waals surface area (Å²) in [5.41, 5.74) is 0.772. The largest absolute Gasteiger partial charge is 0.380 e. The van der Waals surface area contributed by atoms with Crippen molar-refractivity contribution < 1.29 is 9.53 Å². The van der Waals surface area contributed by atoms with Gasteiger partial charge in [0.1, 0.15) is 17.8 Å². The van der Waals surface area contributed by atoms with Gasteiger partial charge in [-0.15, -0.1) is 0 Å². The van der Waals surface area contributed by atoms with Gasteiger partial charge in [0.2, 0.25) is 5.91 Å². The van der Waals surface area contributed by atoms with Gasteiger partial charge in [-0.05, 0) is 18.6 Å². The van der Waals surface area contributed by atoms with Crippen LogP contribution in [0.3, 0.4) is 0 Å². The molecule has 8 heteroatoms. The number of rotatable bonds is 7. The Morgan fingerprint density at radius 3 is 3.23 bits per heavy atom. The summed E-state index contributed by atoms with van der Waals surface area (Å²) in [7, 11) is 0. The van der Waals surface area contributed by atoms with E-state index < -0.39 is 0 Å². The highest BCUT2D eigenvalue weighted by molar-refractivity contribution is 5.88. The highest BCUT2D eigenvalue weighted by Crippen LogP contribution is 2.24. The molecule has 1 amide bonds. The van der Waals surface area contributed by atoms with Crippen molar-refractivity contribution in [3.63, 3.8) is 0 Å². The summed E-state index contributed by atoms with van der Waals surface area (Å²) in [6, 6.07) is 4.04. The standard InChI is InChI=1S/C18H22N6O2/c1-2-16(25)24-9-13(11-26-7-3-5-19)8-14(10-24)23-18-15-4-6-20-17(15)21-12-22-18/h2,4,6,12-14H,1,3,7-11H2,(H2,20,21,22,23)/t13-,14+/m0/s1. The maximum Gasteiger partial charge on any atom is 0.246 e. The molecule has 2 aromatic rings. The Morgan fingerprint density at radius 1 is 1.54 bits per heavy atom. The molecule has 3 rings (SSSR count). The van der Waals surface area contributed by atoms with Crippen LogP contribution in [0, 0.1) is 17.2 Å². The van der Waals surface area contributed by atoms with Gasteiger partial charge in [-0.25, -0.2) is 9.97 Å². The lowest BCUT2D eigenvalue weighted by molar-refractivity contribution is -0.128. The number of fused-ring (bicyclic) bond motifs is 1. The number of carbonyl (C=O) groups is 1. The first kappa shape index (κ1) is 17.9. The molecule has 0 radical (unpaired) electrons. The van der Waals surface area contributed by atoms with Gasteiger partial charge in [0.05, 0.1) is 31.1 Å². The van der Waals surface area contributed by atoms with Crippen molar-refractivity contribution in [3.05, 3.63) is 31.2 Å².